The van der Waals surface area contributed by atoms with E-state index in [1.165, 1.54) is 19.3 Å². The maximum atomic E-state index is 6.13. The normalized spacial score (nSPS) is 12.5. The molecule has 0 aromatic heterocycles. The van der Waals surface area contributed by atoms with Crippen LogP contribution >= 0.6 is 34.8 Å². The number of unbranched alkanes of at least 4 members (excludes halogenated alkanes) is 1. The van der Waals surface area contributed by atoms with Crippen molar-refractivity contribution in [3.8, 4) is 0 Å². The van der Waals surface area contributed by atoms with Crippen molar-refractivity contribution >= 4 is 40.5 Å². The molecule has 0 saturated heterocycles. The first-order valence-electron chi connectivity index (χ1n) is 6.46. The fraction of sp³-hybridized carbons (Fsp3) is 0.571. The van der Waals surface area contributed by atoms with Crippen LogP contribution in [0.5, 0.6) is 0 Å². The number of benzene rings is 1. The number of hydrogen-bond acceptors (Lipinski definition) is 1. The van der Waals surface area contributed by atoms with E-state index >= 15 is 0 Å². The minimum atomic E-state index is 0.563. The fourth-order valence-electron chi connectivity index (χ4n) is 1.90. The van der Waals surface area contributed by atoms with Gasteiger partial charge in [-0.25, -0.2) is 0 Å². The molecule has 1 rings (SSSR count). The summed E-state index contributed by atoms with van der Waals surface area (Å²) in [4.78, 5) is 0. The molecule has 1 unspecified atom stereocenters. The number of rotatable bonds is 7. The molecule has 1 aromatic rings. The molecule has 18 heavy (non-hydrogen) atoms. The van der Waals surface area contributed by atoms with Gasteiger partial charge in [-0.15, -0.1) is 0 Å². The molecule has 0 bridgehead atoms. The second-order valence-corrected chi connectivity index (χ2v) is 5.79. The molecule has 4 heteroatoms. The monoisotopic (exact) mass is 307 g/mol. The van der Waals surface area contributed by atoms with Crippen LogP contribution in [-0.4, -0.2) is 6.54 Å². The maximum Gasteiger partial charge on any atom is 0.0720 e. The molecule has 0 aliphatic heterocycles. The third-order valence-electron chi connectivity index (χ3n) is 3.12. The van der Waals surface area contributed by atoms with Gasteiger partial charge in [0.2, 0.25) is 0 Å². The third-order valence-corrected chi connectivity index (χ3v) is 3.93. The molecule has 1 atom stereocenters. The van der Waals surface area contributed by atoms with Crippen molar-refractivity contribution in [2.75, 3.05) is 11.9 Å². The topological polar surface area (TPSA) is 12.0 Å². The molecule has 0 spiro atoms. The summed E-state index contributed by atoms with van der Waals surface area (Å²) in [5, 5.41) is 5.07. The molecule has 0 radical (unpaired) electrons. The molecule has 102 valence electrons. The Morgan fingerprint density at radius 2 is 1.72 bits per heavy atom. The Morgan fingerprint density at radius 3 is 2.22 bits per heavy atom. The Kier molecular flexibility index (Phi) is 7.21. The van der Waals surface area contributed by atoms with E-state index in [1.54, 1.807) is 12.1 Å². The second kappa shape index (κ2) is 8.14. The van der Waals surface area contributed by atoms with Crippen molar-refractivity contribution in [2.45, 2.75) is 39.5 Å². The Labute approximate surface area is 125 Å². The van der Waals surface area contributed by atoms with Gasteiger partial charge in [-0.05, 0) is 24.5 Å². The van der Waals surface area contributed by atoms with Crippen molar-refractivity contribution in [1.82, 2.24) is 0 Å². The molecule has 0 fully saturated rings. The van der Waals surface area contributed by atoms with Crippen molar-refractivity contribution < 1.29 is 0 Å². The molecule has 1 nitrogen and oxygen atoms in total. The first kappa shape index (κ1) is 15.9. The van der Waals surface area contributed by atoms with Gasteiger partial charge in [-0.2, -0.15) is 0 Å². The van der Waals surface area contributed by atoms with Gasteiger partial charge in [0.25, 0.3) is 0 Å². The van der Waals surface area contributed by atoms with Crippen LogP contribution in [0, 0.1) is 5.92 Å². The van der Waals surface area contributed by atoms with Gasteiger partial charge in [-0.1, -0.05) is 67.9 Å². The average molecular weight is 309 g/mol. The minimum Gasteiger partial charge on any atom is -0.382 e. The lowest BCUT2D eigenvalue weighted by atomic mass is 9.99. The number of nitrogens with one attached hydrogen (secondary N) is 1. The van der Waals surface area contributed by atoms with Gasteiger partial charge < -0.3 is 5.32 Å². The zero-order valence-corrected chi connectivity index (χ0v) is 13.2. The van der Waals surface area contributed by atoms with Crippen LogP contribution in [0.15, 0.2) is 12.1 Å². The van der Waals surface area contributed by atoms with Crippen LogP contribution < -0.4 is 5.32 Å². The van der Waals surface area contributed by atoms with Crippen molar-refractivity contribution in [3.63, 3.8) is 0 Å². The lowest BCUT2D eigenvalue weighted by Crippen LogP contribution is -2.14. The zero-order valence-electron chi connectivity index (χ0n) is 10.9. The zero-order chi connectivity index (χ0) is 13.5. The first-order valence-corrected chi connectivity index (χ1v) is 7.60. The number of hydrogen-bond donors (Lipinski definition) is 1. The van der Waals surface area contributed by atoms with Crippen LogP contribution in [0.3, 0.4) is 0 Å². The second-order valence-electron chi connectivity index (χ2n) is 4.54. The van der Waals surface area contributed by atoms with Crippen LogP contribution in [0.4, 0.5) is 5.69 Å². The van der Waals surface area contributed by atoms with Gasteiger partial charge in [0, 0.05) is 11.6 Å². The standard InChI is InChI=1S/C14H20Cl3N/c1-3-5-6-10(4-2)9-18-14-12(16)7-11(15)8-13(14)17/h7-8,10,18H,3-6,9H2,1-2H3. The SMILES string of the molecule is CCCCC(CC)CNc1c(Cl)cc(Cl)cc1Cl. The number of halogens is 3. The molecule has 0 aliphatic carbocycles. The molecular formula is C14H20Cl3N. The highest BCUT2D eigenvalue weighted by molar-refractivity contribution is 6.41. The highest BCUT2D eigenvalue weighted by atomic mass is 35.5. The summed E-state index contributed by atoms with van der Waals surface area (Å²) in [7, 11) is 0. The minimum absolute atomic E-state index is 0.563. The summed E-state index contributed by atoms with van der Waals surface area (Å²) in [6.07, 6.45) is 4.90. The summed E-state index contributed by atoms with van der Waals surface area (Å²) in [6, 6.07) is 3.43. The molecule has 0 aliphatic rings. The molecule has 0 heterocycles. The fourth-order valence-corrected chi connectivity index (χ4v) is 2.85. The summed E-state index contributed by atoms with van der Waals surface area (Å²) < 4.78 is 0. The van der Waals surface area contributed by atoms with E-state index in [9.17, 15) is 0 Å². The lowest BCUT2D eigenvalue weighted by Gasteiger charge is -2.17. The molecule has 1 aromatic carbocycles. The van der Waals surface area contributed by atoms with Crippen LogP contribution in [0.25, 0.3) is 0 Å². The van der Waals surface area contributed by atoms with Crippen molar-refractivity contribution in [1.29, 1.82) is 0 Å². The summed E-state index contributed by atoms with van der Waals surface area (Å²) in [5.74, 6) is 0.660. The van der Waals surface area contributed by atoms with Gasteiger partial charge in [0.15, 0.2) is 0 Å². The van der Waals surface area contributed by atoms with E-state index in [2.05, 4.69) is 19.2 Å². The van der Waals surface area contributed by atoms with Gasteiger partial charge in [-0.3, -0.25) is 0 Å². The van der Waals surface area contributed by atoms with E-state index in [-0.39, 0.29) is 0 Å². The highest BCUT2D eigenvalue weighted by Gasteiger charge is 2.10. The largest absolute Gasteiger partial charge is 0.382 e. The van der Waals surface area contributed by atoms with Crippen LogP contribution in [-0.2, 0) is 0 Å². The Balaban J connectivity index is 2.62. The van der Waals surface area contributed by atoms with E-state index in [1.807, 2.05) is 0 Å². The summed E-state index contributed by atoms with van der Waals surface area (Å²) in [6.45, 7) is 5.33. The van der Waals surface area contributed by atoms with Crippen molar-refractivity contribution in [2.24, 2.45) is 5.92 Å². The van der Waals surface area contributed by atoms with Gasteiger partial charge in [0.05, 0.1) is 15.7 Å². The summed E-state index contributed by atoms with van der Waals surface area (Å²) >= 11 is 18.2. The average Bonchev–Trinajstić information content (AvgIpc) is 2.31. The molecule has 0 amide bonds. The Hall–Kier alpha value is -0.110. The lowest BCUT2D eigenvalue weighted by molar-refractivity contribution is 0.473. The van der Waals surface area contributed by atoms with Crippen LogP contribution in [0.1, 0.15) is 39.5 Å². The predicted octanol–water partition coefficient (Wildman–Crippen LogP) is 6.28. The first-order chi connectivity index (χ1) is 8.58. The van der Waals surface area contributed by atoms with E-state index in [4.69, 9.17) is 34.8 Å². The van der Waals surface area contributed by atoms with E-state index in [0.717, 1.165) is 18.7 Å². The van der Waals surface area contributed by atoms with Crippen molar-refractivity contribution in [3.05, 3.63) is 27.2 Å². The van der Waals surface area contributed by atoms with Crippen LogP contribution in [0.2, 0.25) is 15.1 Å². The molecular weight excluding hydrogens is 289 g/mol. The van der Waals surface area contributed by atoms with Gasteiger partial charge in [0.1, 0.15) is 0 Å². The van der Waals surface area contributed by atoms with E-state index < -0.39 is 0 Å². The molecule has 1 N–H and O–H groups in total. The Morgan fingerprint density at radius 1 is 1.11 bits per heavy atom. The summed E-state index contributed by atoms with van der Waals surface area (Å²) in [5.41, 5.74) is 0.790. The quantitative estimate of drug-likeness (QED) is 0.625. The predicted molar refractivity (Wildman–Crippen MR) is 83.3 cm³/mol. The maximum absolute atomic E-state index is 6.13. The molecule has 0 saturated carbocycles. The highest BCUT2D eigenvalue weighted by Crippen LogP contribution is 2.34. The third kappa shape index (κ3) is 4.87. The smallest absolute Gasteiger partial charge is 0.0720 e. The number of anilines is 1. The van der Waals surface area contributed by atoms with E-state index in [0.29, 0.717) is 21.0 Å². The van der Waals surface area contributed by atoms with Gasteiger partial charge >= 0.3 is 0 Å². The Bertz CT molecular complexity index is 356.